The number of amidine groups is 1. The number of hydrogen-bond donors (Lipinski definition) is 1. The maximum atomic E-state index is 11.5. The van der Waals surface area contributed by atoms with E-state index in [0.29, 0.717) is 10.7 Å². The quantitative estimate of drug-likeness (QED) is 0.715. The molecular weight excluding hydrogens is 200 g/mol. The zero-order chi connectivity index (χ0) is 10.1. The molecule has 1 aliphatic heterocycles. The second kappa shape index (κ2) is 3.34. The van der Waals surface area contributed by atoms with E-state index in [0.717, 1.165) is 11.8 Å². The van der Waals surface area contributed by atoms with Crippen molar-refractivity contribution in [3.63, 3.8) is 0 Å². The van der Waals surface area contributed by atoms with Crippen molar-refractivity contribution in [1.82, 2.24) is 4.90 Å². The lowest BCUT2D eigenvalue weighted by Crippen LogP contribution is -2.22. The van der Waals surface area contributed by atoms with Crippen LogP contribution in [0.5, 0.6) is 0 Å². The monoisotopic (exact) mass is 208 g/mol. The van der Waals surface area contributed by atoms with E-state index in [1.165, 1.54) is 4.90 Å². The van der Waals surface area contributed by atoms with Gasteiger partial charge in [-0.05, 0) is 23.9 Å². The molecule has 1 aliphatic rings. The topological polar surface area (TPSA) is 57.3 Å². The Balaban J connectivity index is 2.29. The molecule has 1 aromatic rings. The van der Waals surface area contributed by atoms with Crippen LogP contribution in [0.15, 0.2) is 27.7 Å². The highest BCUT2D eigenvalue weighted by molar-refractivity contribution is 8.18. The average molecular weight is 208 g/mol. The van der Waals surface area contributed by atoms with Crippen molar-refractivity contribution in [2.24, 2.45) is 0 Å². The van der Waals surface area contributed by atoms with Gasteiger partial charge in [0, 0.05) is 13.1 Å². The lowest BCUT2D eigenvalue weighted by molar-refractivity contribution is -0.121. The van der Waals surface area contributed by atoms with Crippen LogP contribution in [0.1, 0.15) is 5.76 Å². The average Bonchev–Trinajstić information content (AvgIpc) is 2.73. The van der Waals surface area contributed by atoms with Crippen molar-refractivity contribution >= 4 is 28.9 Å². The summed E-state index contributed by atoms with van der Waals surface area (Å²) in [6, 6.07) is 3.52. The molecule has 5 heteroatoms. The lowest BCUT2D eigenvalue weighted by Gasteiger charge is -2.03. The summed E-state index contributed by atoms with van der Waals surface area (Å²) in [6.07, 6.45) is 3.19. The van der Waals surface area contributed by atoms with Gasteiger partial charge in [-0.25, -0.2) is 0 Å². The maximum absolute atomic E-state index is 11.5. The first-order valence-corrected chi connectivity index (χ1v) is 4.80. The van der Waals surface area contributed by atoms with Gasteiger partial charge in [0.2, 0.25) is 0 Å². The van der Waals surface area contributed by atoms with E-state index >= 15 is 0 Å². The molecule has 0 atom stereocenters. The Morgan fingerprint density at radius 3 is 2.93 bits per heavy atom. The van der Waals surface area contributed by atoms with Gasteiger partial charge in [-0.15, -0.1) is 0 Å². The van der Waals surface area contributed by atoms with E-state index in [2.05, 4.69) is 0 Å². The van der Waals surface area contributed by atoms with Crippen LogP contribution in [0, 0.1) is 5.41 Å². The fourth-order valence-corrected chi connectivity index (χ4v) is 1.90. The number of furan rings is 1. The second-order valence-electron chi connectivity index (χ2n) is 2.80. The van der Waals surface area contributed by atoms with Crippen LogP contribution in [0.4, 0.5) is 0 Å². The van der Waals surface area contributed by atoms with Crippen molar-refractivity contribution < 1.29 is 9.21 Å². The molecule has 0 saturated carbocycles. The van der Waals surface area contributed by atoms with Gasteiger partial charge >= 0.3 is 0 Å². The molecule has 2 rings (SSSR count). The molecule has 1 saturated heterocycles. The van der Waals surface area contributed by atoms with Gasteiger partial charge < -0.3 is 4.42 Å². The van der Waals surface area contributed by atoms with Gasteiger partial charge in [0.1, 0.15) is 5.76 Å². The Kier molecular flexibility index (Phi) is 2.17. The predicted molar refractivity (Wildman–Crippen MR) is 54.8 cm³/mol. The molecule has 2 heterocycles. The number of amides is 1. The van der Waals surface area contributed by atoms with Gasteiger partial charge in [0.15, 0.2) is 5.17 Å². The van der Waals surface area contributed by atoms with E-state index in [1.54, 1.807) is 31.5 Å². The first-order valence-electron chi connectivity index (χ1n) is 3.98. The van der Waals surface area contributed by atoms with Crippen LogP contribution in [-0.2, 0) is 4.79 Å². The SMILES string of the molecule is CN1C(=N)S/C(=C/c2ccco2)C1=O. The molecule has 0 bridgehead atoms. The Bertz CT molecular complexity index is 408. The van der Waals surface area contributed by atoms with Gasteiger partial charge in [-0.3, -0.25) is 15.1 Å². The second-order valence-corrected chi connectivity index (χ2v) is 3.83. The molecule has 0 spiro atoms. The number of likely N-dealkylation sites (N-methyl/N-ethyl adjacent to an activating group) is 1. The normalized spacial score (nSPS) is 19.8. The fraction of sp³-hybridized carbons (Fsp3) is 0.111. The zero-order valence-electron chi connectivity index (χ0n) is 7.48. The number of nitrogens with one attached hydrogen (secondary N) is 1. The predicted octanol–water partition coefficient (Wildman–Crippen LogP) is 1.76. The van der Waals surface area contributed by atoms with E-state index < -0.39 is 0 Å². The highest BCUT2D eigenvalue weighted by Crippen LogP contribution is 2.30. The largest absolute Gasteiger partial charge is 0.465 e. The van der Waals surface area contributed by atoms with E-state index in [9.17, 15) is 4.79 Å². The van der Waals surface area contributed by atoms with Gasteiger partial charge in [0.25, 0.3) is 5.91 Å². The van der Waals surface area contributed by atoms with E-state index in [1.807, 2.05) is 0 Å². The highest BCUT2D eigenvalue weighted by atomic mass is 32.2. The number of carbonyl (C=O) groups is 1. The van der Waals surface area contributed by atoms with Crippen LogP contribution in [0.25, 0.3) is 6.08 Å². The summed E-state index contributed by atoms with van der Waals surface area (Å²) >= 11 is 1.14. The van der Waals surface area contributed by atoms with Crippen molar-refractivity contribution in [3.8, 4) is 0 Å². The summed E-state index contributed by atoms with van der Waals surface area (Å²) in [5, 5.41) is 7.68. The number of carbonyl (C=O) groups excluding carboxylic acids is 1. The van der Waals surface area contributed by atoms with Crippen LogP contribution in [0.3, 0.4) is 0 Å². The van der Waals surface area contributed by atoms with Crippen LogP contribution in [-0.4, -0.2) is 23.0 Å². The first kappa shape index (κ1) is 9.08. The molecule has 0 unspecified atom stereocenters. The Morgan fingerprint density at radius 2 is 2.43 bits per heavy atom. The molecule has 1 aromatic heterocycles. The summed E-state index contributed by atoms with van der Waals surface area (Å²) in [6.45, 7) is 0. The Labute approximate surface area is 85.1 Å². The third-order valence-electron chi connectivity index (χ3n) is 1.84. The molecule has 1 N–H and O–H groups in total. The Morgan fingerprint density at radius 1 is 1.64 bits per heavy atom. The molecule has 0 aromatic carbocycles. The van der Waals surface area contributed by atoms with Crippen LogP contribution in [0.2, 0.25) is 0 Å². The van der Waals surface area contributed by atoms with E-state index in [-0.39, 0.29) is 11.1 Å². The molecule has 1 amide bonds. The molecule has 4 nitrogen and oxygen atoms in total. The minimum atomic E-state index is -0.156. The van der Waals surface area contributed by atoms with Gasteiger partial charge in [0.05, 0.1) is 11.2 Å². The minimum Gasteiger partial charge on any atom is -0.465 e. The van der Waals surface area contributed by atoms with Gasteiger partial charge in [-0.2, -0.15) is 0 Å². The highest BCUT2D eigenvalue weighted by Gasteiger charge is 2.29. The number of rotatable bonds is 1. The first-order chi connectivity index (χ1) is 6.68. The van der Waals surface area contributed by atoms with Crippen LogP contribution >= 0.6 is 11.8 Å². The van der Waals surface area contributed by atoms with Crippen molar-refractivity contribution in [2.45, 2.75) is 0 Å². The van der Waals surface area contributed by atoms with E-state index in [4.69, 9.17) is 9.83 Å². The molecule has 72 valence electrons. The number of thioether (sulfide) groups is 1. The summed E-state index contributed by atoms with van der Waals surface area (Å²) in [7, 11) is 1.58. The minimum absolute atomic E-state index is 0.156. The Hall–Kier alpha value is -1.49. The maximum Gasteiger partial charge on any atom is 0.266 e. The summed E-state index contributed by atoms with van der Waals surface area (Å²) in [4.78, 5) is 13.3. The molecule has 0 aliphatic carbocycles. The smallest absolute Gasteiger partial charge is 0.266 e. The summed E-state index contributed by atoms with van der Waals surface area (Å²) < 4.78 is 5.08. The standard InChI is InChI=1S/C9H8N2O2S/c1-11-8(12)7(14-9(11)10)5-6-3-2-4-13-6/h2-5,10H,1H3/b7-5+,10-9?. The zero-order valence-corrected chi connectivity index (χ0v) is 8.30. The van der Waals surface area contributed by atoms with Gasteiger partial charge in [-0.1, -0.05) is 0 Å². The van der Waals surface area contributed by atoms with Crippen LogP contribution < -0.4 is 0 Å². The van der Waals surface area contributed by atoms with Crippen molar-refractivity contribution in [3.05, 3.63) is 29.1 Å². The third-order valence-corrected chi connectivity index (χ3v) is 2.82. The van der Waals surface area contributed by atoms with Crippen molar-refractivity contribution in [1.29, 1.82) is 5.41 Å². The molecule has 1 fully saturated rings. The summed E-state index contributed by atoms with van der Waals surface area (Å²) in [5.41, 5.74) is 0. The molecule has 14 heavy (non-hydrogen) atoms. The molecule has 0 radical (unpaired) electrons. The number of nitrogens with zero attached hydrogens (tertiary/aromatic N) is 1. The number of hydrogen-bond acceptors (Lipinski definition) is 4. The fourth-order valence-electron chi connectivity index (χ4n) is 1.07. The van der Waals surface area contributed by atoms with Crippen molar-refractivity contribution in [2.75, 3.05) is 7.05 Å². The molecular formula is C9H8N2O2S. The summed E-state index contributed by atoms with van der Waals surface area (Å²) in [5.74, 6) is 0.473. The third kappa shape index (κ3) is 1.46. The lowest BCUT2D eigenvalue weighted by atomic mass is 10.4.